The van der Waals surface area contributed by atoms with Gasteiger partial charge in [0.15, 0.2) is 0 Å². The molecule has 45 heavy (non-hydrogen) atoms. The molecule has 5 atom stereocenters. The van der Waals surface area contributed by atoms with Gasteiger partial charge >= 0.3 is 0 Å². The molecule has 1 aromatic heterocycles. The lowest BCUT2D eigenvalue weighted by Gasteiger charge is -2.58. The van der Waals surface area contributed by atoms with Crippen molar-refractivity contribution in [2.24, 2.45) is 11.8 Å². The molecule has 3 aliphatic heterocycles. The van der Waals surface area contributed by atoms with Crippen LogP contribution in [-0.2, 0) is 17.9 Å². The van der Waals surface area contributed by atoms with Crippen LogP contribution in [0.25, 0.3) is 32.4 Å². The van der Waals surface area contributed by atoms with Gasteiger partial charge in [0.1, 0.15) is 18.7 Å². The summed E-state index contributed by atoms with van der Waals surface area (Å²) in [5.41, 5.74) is 4.97. The van der Waals surface area contributed by atoms with Crippen LogP contribution in [0.3, 0.4) is 0 Å². The standard InChI is InChI=1S/C41H39N2O.BrH/c1-2-30-26-43(27-38-34-16-8-6-14-32(34)24-33-15-7-9-17-35(33)38)23-21-31(30)25-40(43)41(44-28-29-12-4-3-5-13-29)37-20-22-42-39-19-11-10-18-36(37)39;/h2-20,22,24,30-31,40-41H,1,21,23,25-28H2;1H/q+1;/p-1/t30-,31-,40-,41+,43?;/m0./s1. The van der Waals surface area contributed by atoms with Crippen molar-refractivity contribution in [2.45, 2.75) is 38.1 Å². The molecule has 3 fully saturated rings. The van der Waals surface area contributed by atoms with Crippen LogP contribution < -0.4 is 17.0 Å². The van der Waals surface area contributed by atoms with E-state index >= 15 is 0 Å². The monoisotopic (exact) mass is 654 g/mol. The third kappa shape index (κ3) is 5.39. The molecule has 0 spiro atoms. The van der Waals surface area contributed by atoms with Gasteiger partial charge in [0, 0.05) is 35.9 Å². The average Bonchev–Trinajstić information content (AvgIpc) is 3.09. The molecule has 3 aliphatic rings. The quantitative estimate of drug-likeness (QED) is 0.107. The van der Waals surface area contributed by atoms with Crippen molar-refractivity contribution in [2.75, 3.05) is 13.1 Å². The summed E-state index contributed by atoms with van der Waals surface area (Å²) < 4.78 is 8.17. The van der Waals surface area contributed by atoms with Crippen LogP contribution >= 0.6 is 0 Å². The number of hydrogen-bond acceptors (Lipinski definition) is 2. The van der Waals surface area contributed by atoms with E-state index in [2.05, 4.69) is 128 Å². The lowest BCUT2D eigenvalue weighted by Crippen LogP contribution is -3.00. The number of benzene rings is 5. The number of piperidine rings is 3. The van der Waals surface area contributed by atoms with E-state index in [1.54, 1.807) is 0 Å². The van der Waals surface area contributed by atoms with E-state index in [0.717, 1.165) is 36.1 Å². The Labute approximate surface area is 276 Å². The van der Waals surface area contributed by atoms with Gasteiger partial charge in [-0.2, -0.15) is 0 Å². The van der Waals surface area contributed by atoms with E-state index in [1.165, 1.54) is 50.0 Å². The summed E-state index contributed by atoms with van der Waals surface area (Å²) in [6.07, 6.45) is 6.53. The maximum absolute atomic E-state index is 7.15. The maximum Gasteiger partial charge on any atom is 0.135 e. The van der Waals surface area contributed by atoms with Crippen LogP contribution in [0, 0.1) is 11.8 Å². The molecule has 226 valence electrons. The number of hydrogen-bond donors (Lipinski definition) is 0. The van der Waals surface area contributed by atoms with E-state index in [4.69, 9.17) is 9.72 Å². The predicted octanol–water partition coefficient (Wildman–Crippen LogP) is 6.41. The largest absolute Gasteiger partial charge is 1.00 e. The van der Waals surface area contributed by atoms with E-state index in [0.29, 0.717) is 24.5 Å². The fraction of sp³-hybridized carbons (Fsp3) is 0.244. The van der Waals surface area contributed by atoms with Crippen molar-refractivity contribution in [1.82, 2.24) is 4.98 Å². The molecule has 4 heterocycles. The van der Waals surface area contributed by atoms with Crippen LogP contribution in [0.1, 0.15) is 35.6 Å². The average molecular weight is 656 g/mol. The predicted molar refractivity (Wildman–Crippen MR) is 181 cm³/mol. The first-order valence-electron chi connectivity index (χ1n) is 16.1. The molecule has 3 nitrogen and oxygen atoms in total. The molecule has 6 aromatic rings. The van der Waals surface area contributed by atoms with Crippen LogP contribution in [0.15, 0.2) is 134 Å². The van der Waals surface area contributed by atoms with Crippen LogP contribution in [0.4, 0.5) is 0 Å². The first-order valence-corrected chi connectivity index (χ1v) is 16.1. The lowest BCUT2D eigenvalue weighted by molar-refractivity contribution is -0.984. The van der Waals surface area contributed by atoms with Crippen LogP contribution in [-0.4, -0.2) is 28.6 Å². The molecule has 3 saturated heterocycles. The normalized spacial score (nSPS) is 23.2. The van der Waals surface area contributed by atoms with Crippen molar-refractivity contribution in [3.8, 4) is 0 Å². The summed E-state index contributed by atoms with van der Waals surface area (Å²) in [6, 6.07) is 42.0. The fourth-order valence-electron chi connectivity index (χ4n) is 8.49. The Morgan fingerprint density at radius 1 is 0.822 bits per heavy atom. The SMILES string of the molecule is C=C[C@H]1C[N+]2(Cc3c4ccccc4cc4ccccc34)CC[C@H]1C[C@H]2[C@H](OCc1ccccc1)c1ccnc2ccccc12.[Br-]. The molecule has 0 N–H and O–H groups in total. The number of nitrogens with zero attached hydrogens (tertiary/aromatic N) is 2. The Morgan fingerprint density at radius 3 is 2.22 bits per heavy atom. The molecule has 0 saturated carbocycles. The zero-order chi connectivity index (χ0) is 29.5. The molecular weight excluding hydrogens is 616 g/mol. The Balaban J connectivity index is 0.00000325. The third-order valence-electron chi connectivity index (χ3n) is 10.6. The minimum Gasteiger partial charge on any atom is -1.00 e. The van der Waals surface area contributed by atoms with Gasteiger partial charge in [-0.3, -0.25) is 4.98 Å². The van der Waals surface area contributed by atoms with Crippen molar-refractivity contribution >= 4 is 32.4 Å². The molecular formula is C41H39BrN2O. The Hall–Kier alpha value is -3.83. The van der Waals surface area contributed by atoms with E-state index in [9.17, 15) is 0 Å². The van der Waals surface area contributed by atoms with Crippen LogP contribution in [0.5, 0.6) is 0 Å². The summed E-state index contributed by atoms with van der Waals surface area (Å²) >= 11 is 0. The van der Waals surface area contributed by atoms with E-state index in [1.807, 2.05) is 6.20 Å². The molecule has 1 unspecified atom stereocenters. The van der Waals surface area contributed by atoms with Gasteiger partial charge in [-0.05, 0) is 56.8 Å². The summed E-state index contributed by atoms with van der Waals surface area (Å²) in [6.45, 7) is 8.17. The molecule has 9 rings (SSSR count). The first kappa shape index (κ1) is 29.9. The number of pyridine rings is 1. The molecule has 0 amide bonds. The number of quaternary nitrogens is 1. The maximum atomic E-state index is 7.15. The second kappa shape index (κ2) is 12.5. The Bertz CT molecular complexity index is 1910. The Kier molecular flexibility index (Phi) is 8.31. The van der Waals surface area contributed by atoms with Crippen molar-refractivity contribution in [3.63, 3.8) is 0 Å². The topological polar surface area (TPSA) is 22.1 Å². The minimum atomic E-state index is -0.0575. The van der Waals surface area contributed by atoms with E-state index in [-0.39, 0.29) is 23.1 Å². The second-order valence-electron chi connectivity index (χ2n) is 13.0. The molecule has 0 aliphatic carbocycles. The van der Waals surface area contributed by atoms with Crippen molar-refractivity contribution in [1.29, 1.82) is 0 Å². The number of para-hydroxylation sites is 1. The highest BCUT2D eigenvalue weighted by atomic mass is 79.9. The van der Waals surface area contributed by atoms with Gasteiger partial charge in [0.05, 0.1) is 25.2 Å². The number of halogens is 1. The van der Waals surface area contributed by atoms with Gasteiger partial charge in [-0.1, -0.05) is 103 Å². The smallest absolute Gasteiger partial charge is 0.135 e. The van der Waals surface area contributed by atoms with Crippen LogP contribution in [0.2, 0.25) is 0 Å². The molecule has 2 bridgehead atoms. The summed E-state index contributed by atoms with van der Waals surface area (Å²) in [7, 11) is 0. The number of ether oxygens (including phenoxy) is 1. The lowest BCUT2D eigenvalue weighted by atomic mass is 9.70. The van der Waals surface area contributed by atoms with Gasteiger partial charge in [0.2, 0.25) is 0 Å². The second-order valence-corrected chi connectivity index (χ2v) is 13.0. The van der Waals surface area contributed by atoms with Crippen molar-refractivity contribution in [3.05, 3.63) is 151 Å². The molecule has 4 heteroatoms. The third-order valence-corrected chi connectivity index (χ3v) is 10.6. The van der Waals surface area contributed by atoms with Gasteiger partial charge in [-0.15, -0.1) is 6.58 Å². The van der Waals surface area contributed by atoms with Gasteiger partial charge in [0.25, 0.3) is 0 Å². The first-order chi connectivity index (χ1) is 21.7. The number of fused-ring (bicyclic) bond motifs is 6. The zero-order valence-electron chi connectivity index (χ0n) is 25.6. The summed E-state index contributed by atoms with van der Waals surface area (Å²) in [5, 5.41) is 6.58. The number of aromatic nitrogens is 1. The summed E-state index contributed by atoms with van der Waals surface area (Å²) in [5.74, 6) is 1.16. The fourth-order valence-corrected chi connectivity index (χ4v) is 8.49. The van der Waals surface area contributed by atoms with Gasteiger partial charge < -0.3 is 26.2 Å². The minimum absolute atomic E-state index is 0. The van der Waals surface area contributed by atoms with E-state index < -0.39 is 0 Å². The highest BCUT2D eigenvalue weighted by Crippen LogP contribution is 2.50. The van der Waals surface area contributed by atoms with Gasteiger partial charge in [-0.25, -0.2) is 0 Å². The number of rotatable bonds is 8. The zero-order valence-corrected chi connectivity index (χ0v) is 27.2. The summed E-state index contributed by atoms with van der Waals surface area (Å²) in [4.78, 5) is 4.74. The highest BCUT2D eigenvalue weighted by Gasteiger charge is 2.55. The highest BCUT2D eigenvalue weighted by molar-refractivity contribution is 6.02. The molecule has 5 aromatic carbocycles. The molecule has 0 radical (unpaired) electrons. The van der Waals surface area contributed by atoms with Crippen molar-refractivity contribution < 1.29 is 26.2 Å². The Morgan fingerprint density at radius 2 is 1.49 bits per heavy atom.